The van der Waals surface area contributed by atoms with Crippen LogP contribution in [0.1, 0.15) is 63.6 Å². The van der Waals surface area contributed by atoms with Crippen LogP contribution in [-0.4, -0.2) is 12.6 Å². The van der Waals surface area contributed by atoms with E-state index in [1.807, 2.05) is 0 Å². The molecule has 0 bridgehead atoms. The highest BCUT2D eigenvalue weighted by molar-refractivity contribution is 5.34. The molecule has 3 atom stereocenters. The number of nitrogens with one attached hydrogen (secondary N) is 1. The van der Waals surface area contributed by atoms with Gasteiger partial charge in [-0.15, -0.1) is 0 Å². The SMILES string of the molecule is CCNC1CC(C)CCC1C(C)(C)c1ccc(C)c(C)c1. The predicted octanol–water partition coefficient (Wildman–Crippen LogP) is 5.00. The summed E-state index contributed by atoms with van der Waals surface area (Å²) in [6.45, 7) is 15.1. The lowest BCUT2D eigenvalue weighted by Crippen LogP contribution is -2.48. The summed E-state index contributed by atoms with van der Waals surface area (Å²) in [6.07, 6.45) is 4.05. The Hall–Kier alpha value is -0.820. The molecule has 1 fully saturated rings. The maximum absolute atomic E-state index is 3.77. The van der Waals surface area contributed by atoms with Gasteiger partial charge >= 0.3 is 0 Å². The quantitative estimate of drug-likeness (QED) is 0.822. The third kappa shape index (κ3) is 3.51. The van der Waals surface area contributed by atoms with Crippen LogP contribution in [0.4, 0.5) is 0 Å². The normalized spacial score (nSPS) is 26.9. The summed E-state index contributed by atoms with van der Waals surface area (Å²) in [5.41, 5.74) is 4.57. The van der Waals surface area contributed by atoms with E-state index in [1.165, 1.54) is 36.0 Å². The van der Waals surface area contributed by atoms with Crippen LogP contribution in [0.15, 0.2) is 18.2 Å². The summed E-state index contributed by atoms with van der Waals surface area (Å²) in [5.74, 6) is 1.59. The van der Waals surface area contributed by atoms with E-state index >= 15 is 0 Å². The fraction of sp³-hybridized carbons (Fsp3) is 0.700. The van der Waals surface area contributed by atoms with Gasteiger partial charge in [0, 0.05) is 6.04 Å². The summed E-state index contributed by atoms with van der Waals surface area (Å²) in [6, 6.07) is 7.72. The van der Waals surface area contributed by atoms with E-state index in [9.17, 15) is 0 Å². The van der Waals surface area contributed by atoms with Gasteiger partial charge in [-0.3, -0.25) is 0 Å². The molecule has 0 spiro atoms. The zero-order valence-electron chi connectivity index (χ0n) is 14.8. The van der Waals surface area contributed by atoms with E-state index in [-0.39, 0.29) is 5.41 Å². The maximum Gasteiger partial charge on any atom is 0.0106 e. The smallest absolute Gasteiger partial charge is 0.0106 e. The molecule has 1 N–H and O–H groups in total. The van der Waals surface area contributed by atoms with Crippen molar-refractivity contribution in [2.24, 2.45) is 11.8 Å². The number of aryl methyl sites for hydroxylation is 2. The zero-order valence-corrected chi connectivity index (χ0v) is 14.8. The van der Waals surface area contributed by atoms with Gasteiger partial charge in [0.2, 0.25) is 0 Å². The number of hydrogen-bond acceptors (Lipinski definition) is 1. The van der Waals surface area contributed by atoms with Gasteiger partial charge in [0.1, 0.15) is 0 Å². The van der Waals surface area contributed by atoms with Gasteiger partial charge in [-0.25, -0.2) is 0 Å². The first-order valence-electron chi connectivity index (χ1n) is 8.67. The molecule has 2 rings (SSSR count). The highest BCUT2D eigenvalue weighted by atomic mass is 14.9. The van der Waals surface area contributed by atoms with Crippen LogP contribution >= 0.6 is 0 Å². The van der Waals surface area contributed by atoms with Gasteiger partial charge in [-0.1, -0.05) is 52.3 Å². The van der Waals surface area contributed by atoms with Crippen LogP contribution in [0.25, 0.3) is 0 Å². The molecule has 118 valence electrons. The van der Waals surface area contributed by atoms with Crippen molar-refractivity contribution in [3.8, 4) is 0 Å². The van der Waals surface area contributed by atoms with Crippen molar-refractivity contribution in [2.75, 3.05) is 6.54 Å². The summed E-state index contributed by atoms with van der Waals surface area (Å²) >= 11 is 0. The van der Waals surface area contributed by atoms with E-state index in [0.29, 0.717) is 6.04 Å². The summed E-state index contributed by atoms with van der Waals surface area (Å²) in [5, 5.41) is 3.77. The molecule has 1 saturated carbocycles. The monoisotopic (exact) mass is 287 g/mol. The van der Waals surface area contributed by atoms with Gasteiger partial charge in [-0.05, 0) is 67.2 Å². The molecule has 1 aromatic carbocycles. The molecule has 0 heterocycles. The van der Waals surface area contributed by atoms with E-state index in [2.05, 4.69) is 65.1 Å². The molecular formula is C20H33N. The standard InChI is InChI=1S/C20H33N/c1-7-21-19-12-14(2)8-11-18(19)20(5,6)17-10-9-15(3)16(4)13-17/h9-10,13-14,18-19,21H,7-8,11-12H2,1-6H3. The van der Waals surface area contributed by atoms with Gasteiger partial charge in [0.05, 0.1) is 0 Å². The van der Waals surface area contributed by atoms with E-state index in [4.69, 9.17) is 0 Å². The minimum absolute atomic E-state index is 0.242. The topological polar surface area (TPSA) is 12.0 Å². The Morgan fingerprint density at radius 2 is 1.86 bits per heavy atom. The second-order valence-corrected chi connectivity index (χ2v) is 7.71. The molecule has 1 heteroatoms. The second-order valence-electron chi connectivity index (χ2n) is 7.71. The van der Waals surface area contributed by atoms with Crippen molar-refractivity contribution in [3.63, 3.8) is 0 Å². The van der Waals surface area contributed by atoms with Crippen LogP contribution in [0.5, 0.6) is 0 Å². The summed E-state index contributed by atoms with van der Waals surface area (Å²) in [4.78, 5) is 0. The largest absolute Gasteiger partial charge is 0.314 e. The Labute approximate surface area is 131 Å². The Kier molecular flexibility index (Phi) is 5.14. The van der Waals surface area contributed by atoms with Gasteiger partial charge in [0.25, 0.3) is 0 Å². The van der Waals surface area contributed by atoms with Crippen LogP contribution < -0.4 is 5.32 Å². The number of hydrogen-bond donors (Lipinski definition) is 1. The predicted molar refractivity (Wildman–Crippen MR) is 92.9 cm³/mol. The average molecular weight is 287 g/mol. The molecule has 1 aromatic rings. The van der Waals surface area contributed by atoms with E-state index in [0.717, 1.165) is 18.4 Å². The van der Waals surface area contributed by atoms with Gasteiger partial charge < -0.3 is 5.32 Å². The first-order valence-corrected chi connectivity index (χ1v) is 8.67. The first kappa shape index (κ1) is 16.5. The van der Waals surface area contributed by atoms with Crippen LogP contribution in [-0.2, 0) is 5.41 Å². The molecule has 0 radical (unpaired) electrons. The Morgan fingerprint density at radius 3 is 2.48 bits per heavy atom. The minimum atomic E-state index is 0.242. The van der Waals surface area contributed by atoms with Crippen LogP contribution in [0.2, 0.25) is 0 Å². The third-order valence-corrected chi connectivity index (χ3v) is 5.76. The fourth-order valence-electron chi connectivity index (χ4n) is 4.09. The highest BCUT2D eigenvalue weighted by Crippen LogP contribution is 2.42. The highest BCUT2D eigenvalue weighted by Gasteiger charge is 2.39. The molecule has 1 aliphatic rings. The first-order chi connectivity index (χ1) is 9.86. The minimum Gasteiger partial charge on any atom is -0.314 e. The van der Waals surface area contributed by atoms with Crippen molar-refractivity contribution < 1.29 is 0 Å². The molecule has 0 aromatic heterocycles. The lowest BCUT2D eigenvalue weighted by Gasteiger charge is -2.45. The second kappa shape index (κ2) is 6.52. The molecule has 1 aliphatic carbocycles. The van der Waals surface area contributed by atoms with Gasteiger partial charge in [0.15, 0.2) is 0 Å². The zero-order chi connectivity index (χ0) is 15.6. The average Bonchev–Trinajstić information content (AvgIpc) is 2.42. The third-order valence-electron chi connectivity index (χ3n) is 5.76. The Balaban J connectivity index is 2.29. The molecule has 0 saturated heterocycles. The molecule has 21 heavy (non-hydrogen) atoms. The molecule has 0 aliphatic heterocycles. The molecule has 1 nitrogen and oxygen atoms in total. The van der Waals surface area contributed by atoms with Crippen molar-refractivity contribution in [3.05, 3.63) is 34.9 Å². The van der Waals surface area contributed by atoms with E-state index < -0.39 is 0 Å². The Bertz CT molecular complexity index is 475. The lowest BCUT2D eigenvalue weighted by atomic mass is 9.63. The maximum atomic E-state index is 3.77. The fourth-order valence-corrected chi connectivity index (χ4v) is 4.09. The van der Waals surface area contributed by atoms with Crippen molar-refractivity contribution in [1.82, 2.24) is 5.32 Å². The molecular weight excluding hydrogens is 254 g/mol. The number of rotatable bonds is 4. The molecule has 0 amide bonds. The van der Waals surface area contributed by atoms with Crippen molar-refractivity contribution >= 4 is 0 Å². The van der Waals surface area contributed by atoms with Gasteiger partial charge in [-0.2, -0.15) is 0 Å². The van der Waals surface area contributed by atoms with Crippen molar-refractivity contribution in [1.29, 1.82) is 0 Å². The van der Waals surface area contributed by atoms with Crippen LogP contribution in [0.3, 0.4) is 0 Å². The van der Waals surface area contributed by atoms with Crippen LogP contribution in [0, 0.1) is 25.7 Å². The number of benzene rings is 1. The van der Waals surface area contributed by atoms with Crippen molar-refractivity contribution in [2.45, 2.75) is 72.3 Å². The Morgan fingerprint density at radius 1 is 1.14 bits per heavy atom. The summed E-state index contributed by atoms with van der Waals surface area (Å²) < 4.78 is 0. The summed E-state index contributed by atoms with van der Waals surface area (Å²) in [7, 11) is 0. The molecule has 3 unspecified atom stereocenters. The van der Waals surface area contributed by atoms with E-state index in [1.54, 1.807) is 0 Å². The lowest BCUT2D eigenvalue weighted by molar-refractivity contribution is 0.147.